The van der Waals surface area contributed by atoms with Gasteiger partial charge in [-0.3, -0.25) is 4.79 Å². The van der Waals surface area contributed by atoms with Crippen LogP contribution in [0.3, 0.4) is 0 Å². The summed E-state index contributed by atoms with van der Waals surface area (Å²) in [4.78, 5) is 21.9. The van der Waals surface area contributed by atoms with Crippen LogP contribution in [0.25, 0.3) is 0 Å². The van der Waals surface area contributed by atoms with Crippen molar-refractivity contribution in [2.45, 2.75) is 6.54 Å². The van der Waals surface area contributed by atoms with Gasteiger partial charge in [0, 0.05) is 13.6 Å². The van der Waals surface area contributed by atoms with E-state index < -0.39 is 5.97 Å². The van der Waals surface area contributed by atoms with Gasteiger partial charge in [0.2, 0.25) is 0 Å². The molecule has 110 valence electrons. The van der Waals surface area contributed by atoms with Gasteiger partial charge in [-0.15, -0.1) is 15.3 Å². The summed E-state index contributed by atoms with van der Waals surface area (Å²) in [7, 11) is 1.51. The average Bonchev–Trinajstić information content (AvgIpc) is 2.96. The Bertz CT molecular complexity index is 638. The Morgan fingerprint density at radius 3 is 2.62 bits per heavy atom. The van der Waals surface area contributed by atoms with Gasteiger partial charge in [-0.1, -0.05) is 5.21 Å². The Balaban J connectivity index is 1.85. The molecule has 10 nitrogen and oxygen atoms in total. The largest absolute Gasteiger partial charge is 0.476 e. The molecule has 0 fully saturated rings. The molecule has 0 atom stereocenters. The third-order valence-corrected chi connectivity index (χ3v) is 2.53. The molecule has 0 radical (unpaired) electrons. The first-order chi connectivity index (χ1) is 10.1. The van der Waals surface area contributed by atoms with Crippen LogP contribution in [0.15, 0.2) is 18.3 Å². The fraction of sp³-hybridized carbons (Fsp3) is 0.273. The minimum atomic E-state index is -1.12. The number of nitrogens with one attached hydrogen (secondary N) is 2. The molecule has 10 heteroatoms. The van der Waals surface area contributed by atoms with Crippen molar-refractivity contribution < 1.29 is 14.7 Å². The number of amides is 1. The van der Waals surface area contributed by atoms with Crippen LogP contribution >= 0.6 is 0 Å². The molecule has 0 saturated heterocycles. The van der Waals surface area contributed by atoms with Gasteiger partial charge in [0.15, 0.2) is 11.4 Å². The molecule has 0 aliphatic rings. The number of rotatable bonds is 6. The fourth-order valence-corrected chi connectivity index (χ4v) is 1.48. The fourth-order valence-electron chi connectivity index (χ4n) is 1.48. The first-order valence-electron chi connectivity index (χ1n) is 6.03. The third-order valence-electron chi connectivity index (χ3n) is 2.53. The molecule has 0 aliphatic carbocycles. The molecular formula is C11H13N7O3. The quantitative estimate of drug-likeness (QED) is 0.632. The van der Waals surface area contributed by atoms with Gasteiger partial charge in [-0.05, 0) is 12.1 Å². The van der Waals surface area contributed by atoms with Crippen molar-refractivity contribution in [3.05, 3.63) is 29.7 Å². The van der Waals surface area contributed by atoms with Crippen molar-refractivity contribution in [1.29, 1.82) is 0 Å². The van der Waals surface area contributed by atoms with Crippen molar-refractivity contribution in [1.82, 2.24) is 30.5 Å². The lowest BCUT2D eigenvalue weighted by atomic mass is 10.3. The summed E-state index contributed by atoms with van der Waals surface area (Å²) in [5.74, 6) is -0.927. The molecule has 2 aromatic heterocycles. The molecule has 1 amide bonds. The number of hydrogen-bond acceptors (Lipinski definition) is 7. The lowest BCUT2D eigenvalue weighted by molar-refractivity contribution is 0.0690. The number of nitrogens with zero attached hydrogens (tertiary/aromatic N) is 5. The molecule has 0 bridgehead atoms. The van der Waals surface area contributed by atoms with E-state index in [1.807, 2.05) is 0 Å². The van der Waals surface area contributed by atoms with Gasteiger partial charge in [0.25, 0.3) is 5.91 Å². The highest BCUT2D eigenvalue weighted by atomic mass is 16.4. The maximum absolute atomic E-state index is 11.3. The summed E-state index contributed by atoms with van der Waals surface area (Å²) in [6.07, 6.45) is 1.34. The van der Waals surface area contributed by atoms with Gasteiger partial charge in [0.05, 0.1) is 12.7 Å². The maximum Gasteiger partial charge on any atom is 0.358 e. The molecule has 0 unspecified atom stereocenters. The number of aromatic carboxylic acids is 1. The van der Waals surface area contributed by atoms with Crippen LogP contribution in [0.5, 0.6) is 0 Å². The highest BCUT2D eigenvalue weighted by Gasteiger charge is 2.08. The van der Waals surface area contributed by atoms with Crippen LogP contribution in [0.2, 0.25) is 0 Å². The molecule has 0 spiro atoms. The van der Waals surface area contributed by atoms with Crippen LogP contribution in [0.4, 0.5) is 5.82 Å². The summed E-state index contributed by atoms with van der Waals surface area (Å²) in [6.45, 7) is 0.871. The molecule has 3 N–H and O–H groups in total. The van der Waals surface area contributed by atoms with Crippen molar-refractivity contribution in [3.63, 3.8) is 0 Å². The second-order valence-electron chi connectivity index (χ2n) is 3.98. The van der Waals surface area contributed by atoms with Crippen LogP contribution in [0, 0.1) is 0 Å². The standard InChI is InChI=1S/C11H13N7O3/c1-12-10(19)7-2-3-9(16-14-7)13-4-5-18-6-8(11(20)21)15-17-18/h2-3,6H,4-5H2,1H3,(H,12,19)(H,13,16)(H,20,21). The number of anilines is 1. The van der Waals surface area contributed by atoms with Crippen LogP contribution in [-0.4, -0.2) is 55.8 Å². The van der Waals surface area contributed by atoms with Crippen molar-refractivity contribution in [3.8, 4) is 0 Å². The highest BCUT2D eigenvalue weighted by Crippen LogP contribution is 2.02. The van der Waals surface area contributed by atoms with Gasteiger partial charge >= 0.3 is 5.97 Å². The lowest BCUT2D eigenvalue weighted by Crippen LogP contribution is -2.20. The predicted octanol–water partition coefficient (Wildman–Crippen LogP) is -0.762. The van der Waals surface area contributed by atoms with E-state index in [-0.39, 0.29) is 17.3 Å². The Morgan fingerprint density at radius 2 is 2.05 bits per heavy atom. The summed E-state index contributed by atoms with van der Waals surface area (Å²) in [5, 5.41) is 28.9. The molecule has 2 heterocycles. The normalized spacial score (nSPS) is 10.1. The minimum absolute atomic E-state index is 0.107. The molecule has 0 aliphatic heterocycles. The van der Waals surface area contributed by atoms with E-state index >= 15 is 0 Å². The first kappa shape index (κ1) is 14.4. The van der Waals surface area contributed by atoms with E-state index in [0.717, 1.165) is 0 Å². The van der Waals surface area contributed by atoms with Crippen LogP contribution < -0.4 is 10.6 Å². The average molecular weight is 291 g/mol. The first-order valence-corrected chi connectivity index (χ1v) is 6.03. The van der Waals surface area contributed by atoms with Crippen molar-refractivity contribution in [2.24, 2.45) is 0 Å². The highest BCUT2D eigenvalue weighted by molar-refractivity contribution is 5.91. The van der Waals surface area contributed by atoms with E-state index in [2.05, 4.69) is 31.1 Å². The van der Waals surface area contributed by atoms with E-state index in [1.165, 1.54) is 17.9 Å². The monoisotopic (exact) mass is 291 g/mol. The summed E-state index contributed by atoms with van der Waals surface area (Å²) in [6, 6.07) is 3.17. The maximum atomic E-state index is 11.3. The Hall–Kier alpha value is -3.04. The number of hydrogen-bond donors (Lipinski definition) is 3. The Morgan fingerprint density at radius 1 is 1.24 bits per heavy atom. The van der Waals surface area contributed by atoms with Gasteiger partial charge in [-0.25, -0.2) is 9.48 Å². The molecule has 0 aromatic carbocycles. The van der Waals surface area contributed by atoms with Crippen molar-refractivity contribution >= 4 is 17.7 Å². The van der Waals surface area contributed by atoms with E-state index in [1.54, 1.807) is 12.1 Å². The molecule has 21 heavy (non-hydrogen) atoms. The number of carboxylic acid groups (broad SMARTS) is 1. The zero-order valence-electron chi connectivity index (χ0n) is 11.1. The summed E-state index contributed by atoms with van der Waals surface area (Å²) < 4.78 is 1.41. The minimum Gasteiger partial charge on any atom is -0.476 e. The van der Waals surface area contributed by atoms with E-state index in [0.29, 0.717) is 18.9 Å². The zero-order chi connectivity index (χ0) is 15.2. The summed E-state index contributed by atoms with van der Waals surface area (Å²) >= 11 is 0. The van der Waals surface area contributed by atoms with Gasteiger partial charge in [-0.2, -0.15) is 0 Å². The van der Waals surface area contributed by atoms with Gasteiger partial charge in [0.1, 0.15) is 5.82 Å². The topological polar surface area (TPSA) is 135 Å². The molecular weight excluding hydrogens is 278 g/mol. The Kier molecular flexibility index (Phi) is 4.39. The second kappa shape index (κ2) is 6.41. The van der Waals surface area contributed by atoms with Crippen LogP contribution in [-0.2, 0) is 6.54 Å². The smallest absolute Gasteiger partial charge is 0.358 e. The lowest BCUT2D eigenvalue weighted by Gasteiger charge is -2.05. The predicted molar refractivity (Wildman–Crippen MR) is 70.9 cm³/mol. The Labute approximate surface area is 119 Å². The van der Waals surface area contributed by atoms with E-state index in [9.17, 15) is 9.59 Å². The summed E-state index contributed by atoms with van der Waals surface area (Å²) in [5.41, 5.74) is 0.121. The molecule has 2 rings (SSSR count). The number of aromatic nitrogens is 5. The number of carbonyl (C=O) groups is 2. The molecule has 0 saturated carbocycles. The number of carboxylic acids is 1. The SMILES string of the molecule is CNC(=O)c1ccc(NCCn2cc(C(=O)O)nn2)nn1. The molecule has 2 aromatic rings. The van der Waals surface area contributed by atoms with Crippen LogP contribution in [0.1, 0.15) is 21.0 Å². The zero-order valence-corrected chi connectivity index (χ0v) is 11.1. The van der Waals surface area contributed by atoms with Gasteiger partial charge < -0.3 is 15.7 Å². The second-order valence-corrected chi connectivity index (χ2v) is 3.98. The van der Waals surface area contributed by atoms with E-state index in [4.69, 9.17) is 5.11 Å². The number of carbonyl (C=O) groups excluding carboxylic acids is 1. The van der Waals surface area contributed by atoms with Crippen molar-refractivity contribution in [2.75, 3.05) is 18.9 Å². The third kappa shape index (κ3) is 3.72.